The minimum atomic E-state index is -0.245. The Labute approximate surface area is 122 Å². The maximum atomic E-state index is 12.2. The molecule has 0 aliphatic carbocycles. The highest BCUT2D eigenvalue weighted by Crippen LogP contribution is 2.22. The van der Waals surface area contributed by atoms with Crippen LogP contribution >= 0.6 is 15.9 Å². The molecule has 0 bridgehead atoms. The van der Waals surface area contributed by atoms with Crippen molar-refractivity contribution in [1.82, 2.24) is 10.2 Å². The molecule has 0 fully saturated rings. The van der Waals surface area contributed by atoms with Crippen LogP contribution in [0.4, 0.5) is 0 Å². The highest BCUT2D eigenvalue weighted by atomic mass is 79.9. The zero-order chi connectivity index (χ0) is 14.6. The Balaban J connectivity index is 2.81. The summed E-state index contributed by atoms with van der Waals surface area (Å²) in [6.45, 7) is 4.90. The zero-order valence-corrected chi connectivity index (χ0v) is 13.4. The number of phenols is 1. The van der Waals surface area contributed by atoms with Gasteiger partial charge in [0.15, 0.2) is 0 Å². The third-order valence-corrected chi connectivity index (χ3v) is 3.38. The molecule has 0 spiro atoms. The summed E-state index contributed by atoms with van der Waals surface area (Å²) in [7, 11) is 3.94. The molecule has 1 aromatic rings. The lowest BCUT2D eigenvalue weighted by Gasteiger charge is -2.25. The van der Waals surface area contributed by atoms with E-state index in [1.807, 2.05) is 19.0 Å². The first-order valence-electron chi connectivity index (χ1n) is 6.25. The molecule has 1 amide bonds. The van der Waals surface area contributed by atoms with E-state index in [4.69, 9.17) is 0 Å². The third kappa shape index (κ3) is 4.84. The standard InChI is InChI=1S/C14H21BrN2O2/c1-9(2)12(8-17(3)4)16-14(19)11-6-5-10(15)7-13(11)18/h5-7,9,12,18H,8H2,1-4H3,(H,16,19). The molecule has 2 N–H and O–H groups in total. The largest absolute Gasteiger partial charge is 0.507 e. The fraction of sp³-hybridized carbons (Fsp3) is 0.500. The van der Waals surface area contributed by atoms with Gasteiger partial charge >= 0.3 is 0 Å². The van der Waals surface area contributed by atoms with Crippen molar-refractivity contribution in [1.29, 1.82) is 0 Å². The second kappa shape index (κ2) is 6.91. The quantitative estimate of drug-likeness (QED) is 0.873. The number of halogens is 1. The van der Waals surface area contributed by atoms with Crippen LogP contribution in [0.2, 0.25) is 0 Å². The molecule has 1 rings (SSSR count). The summed E-state index contributed by atoms with van der Waals surface area (Å²) in [5, 5.41) is 12.8. The van der Waals surface area contributed by atoms with Gasteiger partial charge in [-0.2, -0.15) is 0 Å². The second-order valence-electron chi connectivity index (χ2n) is 5.25. The van der Waals surface area contributed by atoms with Gasteiger partial charge < -0.3 is 15.3 Å². The summed E-state index contributed by atoms with van der Waals surface area (Å²) in [6, 6.07) is 4.92. The van der Waals surface area contributed by atoms with Gasteiger partial charge in [0.1, 0.15) is 5.75 Å². The van der Waals surface area contributed by atoms with E-state index < -0.39 is 0 Å². The van der Waals surface area contributed by atoms with Gasteiger partial charge in [-0.15, -0.1) is 0 Å². The topological polar surface area (TPSA) is 52.6 Å². The molecule has 1 aromatic carbocycles. The number of nitrogens with one attached hydrogen (secondary N) is 1. The first-order chi connectivity index (χ1) is 8.81. The first kappa shape index (κ1) is 16.0. The van der Waals surface area contributed by atoms with Crippen molar-refractivity contribution in [3.63, 3.8) is 0 Å². The van der Waals surface area contributed by atoms with Gasteiger partial charge in [-0.3, -0.25) is 4.79 Å². The van der Waals surface area contributed by atoms with Crippen LogP contribution in [0.1, 0.15) is 24.2 Å². The molecule has 0 heterocycles. The molecule has 19 heavy (non-hydrogen) atoms. The Morgan fingerprint density at radius 2 is 2.05 bits per heavy atom. The van der Waals surface area contributed by atoms with Crippen molar-refractivity contribution in [2.24, 2.45) is 5.92 Å². The zero-order valence-electron chi connectivity index (χ0n) is 11.8. The Morgan fingerprint density at radius 1 is 1.42 bits per heavy atom. The highest BCUT2D eigenvalue weighted by Gasteiger charge is 2.19. The Morgan fingerprint density at radius 3 is 2.53 bits per heavy atom. The maximum Gasteiger partial charge on any atom is 0.255 e. The Hall–Kier alpha value is -1.07. The number of hydrogen-bond donors (Lipinski definition) is 2. The normalized spacial score (nSPS) is 12.8. The number of carbonyl (C=O) groups is 1. The molecule has 0 aliphatic rings. The van der Waals surface area contributed by atoms with E-state index in [1.165, 1.54) is 6.07 Å². The van der Waals surface area contributed by atoms with E-state index >= 15 is 0 Å². The van der Waals surface area contributed by atoms with Gasteiger partial charge in [-0.25, -0.2) is 0 Å². The number of carbonyl (C=O) groups excluding carboxylic acids is 1. The fourth-order valence-electron chi connectivity index (χ4n) is 1.76. The van der Waals surface area contributed by atoms with Crippen LogP contribution in [0.15, 0.2) is 22.7 Å². The van der Waals surface area contributed by atoms with Crippen molar-refractivity contribution in [2.75, 3.05) is 20.6 Å². The van der Waals surface area contributed by atoms with Crippen molar-refractivity contribution >= 4 is 21.8 Å². The molecule has 1 unspecified atom stereocenters. The molecular formula is C14H21BrN2O2. The van der Waals surface area contributed by atoms with Crippen LogP contribution < -0.4 is 5.32 Å². The number of phenolic OH excluding ortho intramolecular Hbond substituents is 1. The molecule has 0 saturated heterocycles. The van der Waals surface area contributed by atoms with E-state index in [-0.39, 0.29) is 17.7 Å². The smallest absolute Gasteiger partial charge is 0.255 e. The van der Waals surface area contributed by atoms with Crippen LogP contribution in [0.25, 0.3) is 0 Å². The summed E-state index contributed by atoms with van der Waals surface area (Å²) in [6.07, 6.45) is 0. The molecule has 1 atom stereocenters. The van der Waals surface area contributed by atoms with Crippen LogP contribution in [0.5, 0.6) is 5.75 Å². The van der Waals surface area contributed by atoms with E-state index in [0.717, 1.165) is 11.0 Å². The number of aromatic hydroxyl groups is 1. The molecule has 106 valence electrons. The predicted molar refractivity (Wildman–Crippen MR) is 80.5 cm³/mol. The minimum absolute atomic E-state index is 0.0146. The van der Waals surface area contributed by atoms with E-state index in [1.54, 1.807) is 12.1 Å². The lowest BCUT2D eigenvalue weighted by atomic mass is 10.0. The summed E-state index contributed by atoms with van der Waals surface area (Å²) in [5.41, 5.74) is 0.299. The number of hydrogen-bond acceptors (Lipinski definition) is 3. The second-order valence-corrected chi connectivity index (χ2v) is 6.16. The Bertz CT molecular complexity index is 447. The van der Waals surface area contributed by atoms with Gasteiger partial charge in [0.2, 0.25) is 0 Å². The minimum Gasteiger partial charge on any atom is -0.507 e. The summed E-state index contributed by atoms with van der Waals surface area (Å²) >= 11 is 3.25. The average molecular weight is 329 g/mol. The van der Waals surface area contributed by atoms with Gasteiger partial charge in [0, 0.05) is 17.1 Å². The van der Waals surface area contributed by atoms with Crippen molar-refractivity contribution in [3.05, 3.63) is 28.2 Å². The molecule has 4 nitrogen and oxygen atoms in total. The molecule has 0 aromatic heterocycles. The van der Waals surface area contributed by atoms with Crippen LogP contribution in [0, 0.1) is 5.92 Å². The summed E-state index contributed by atoms with van der Waals surface area (Å²) in [5.74, 6) is 0.0636. The summed E-state index contributed by atoms with van der Waals surface area (Å²) < 4.78 is 0.746. The van der Waals surface area contributed by atoms with E-state index in [9.17, 15) is 9.90 Å². The van der Waals surface area contributed by atoms with Crippen molar-refractivity contribution in [3.8, 4) is 5.75 Å². The number of benzene rings is 1. The van der Waals surface area contributed by atoms with Crippen LogP contribution in [0.3, 0.4) is 0 Å². The number of nitrogens with zero attached hydrogens (tertiary/aromatic N) is 1. The Kier molecular flexibility index (Phi) is 5.82. The SMILES string of the molecule is CC(C)C(CN(C)C)NC(=O)c1ccc(Br)cc1O. The molecule has 0 radical (unpaired) electrons. The molecule has 0 aliphatic heterocycles. The molecule has 0 saturated carbocycles. The van der Waals surface area contributed by atoms with Gasteiger partial charge in [0.25, 0.3) is 5.91 Å². The number of likely N-dealkylation sites (N-methyl/N-ethyl adjacent to an activating group) is 1. The maximum absolute atomic E-state index is 12.2. The number of amides is 1. The monoisotopic (exact) mass is 328 g/mol. The van der Waals surface area contributed by atoms with Gasteiger partial charge in [-0.05, 0) is 38.2 Å². The van der Waals surface area contributed by atoms with Gasteiger partial charge in [-0.1, -0.05) is 29.8 Å². The third-order valence-electron chi connectivity index (χ3n) is 2.89. The predicted octanol–water partition coefficient (Wildman–Crippen LogP) is 2.47. The lowest BCUT2D eigenvalue weighted by molar-refractivity contribution is 0.0914. The average Bonchev–Trinajstić information content (AvgIpc) is 2.26. The fourth-order valence-corrected chi connectivity index (χ4v) is 2.11. The van der Waals surface area contributed by atoms with Crippen LogP contribution in [-0.2, 0) is 0 Å². The van der Waals surface area contributed by atoms with Crippen molar-refractivity contribution < 1.29 is 9.90 Å². The van der Waals surface area contributed by atoms with E-state index in [0.29, 0.717) is 11.5 Å². The molecule has 5 heteroatoms. The summed E-state index contributed by atoms with van der Waals surface area (Å²) in [4.78, 5) is 14.2. The van der Waals surface area contributed by atoms with Crippen molar-refractivity contribution in [2.45, 2.75) is 19.9 Å². The van der Waals surface area contributed by atoms with E-state index in [2.05, 4.69) is 35.1 Å². The van der Waals surface area contributed by atoms with Crippen LogP contribution in [-0.4, -0.2) is 42.6 Å². The van der Waals surface area contributed by atoms with Gasteiger partial charge in [0.05, 0.1) is 5.56 Å². The lowest BCUT2D eigenvalue weighted by Crippen LogP contribution is -2.45. The first-order valence-corrected chi connectivity index (χ1v) is 7.04. The molecular weight excluding hydrogens is 308 g/mol. The number of rotatable bonds is 5. The highest BCUT2D eigenvalue weighted by molar-refractivity contribution is 9.10.